The maximum Gasteiger partial charge on any atom is 0.119 e. The normalized spacial score (nSPS) is 30.5. The molecule has 1 aliphatic heterocycles. The second kappa shape index (κ2) is 9.45. The van der Waals surface area contributed by atoms with Crippen molar-refractivity contribution >= 4 is 11.6 Å². The molecule has 0 amide bonds. The number of ether oxygens (including phenoxy) is 2. The number of aliphatic hydroxyl groups excluding tert-OH is 2. The van der Waals surface area contributed by atoms with Crippen LogP contribution >= 0.6 is 11.6 Å². The highest BCUT2D eigenvalue weighted by molar-refractivity contribution is 6.31. The predicted octanol–water partition coefficient (Wildman–Crippen LogP) is 4.38. The first-order valence-corrected chi connectivity index (χ1v) is 10.5. The zero-order chi connectivity index (χ0) is 20.1. The van der Waals surface area contributed by atoms with Gasteiger partial charge in [-0.05, 0) is 62.0 Å². The molecule has 2 aliphatic rings. The van der Waals surface area contributed by atoms with Crippen LogP contribution in [0, 0.1) is 5.41 Å². The van der Waals surface area contributed by atoms with E-state index in [1.54, 1.807) is 0 Å². The lowest BCUT2D eigenvalue weighted by atomic mass is 9.72. The van der Waals surface area contributed by atoms with E-state index in [0.29, 0.717) is 25.9 Å². The molecule has 1 saturated heterocycles. The van der Waals surface area contributed by atoms with Crippen molar-refractivity contribution in [2.45, 2.75) is 64.3 Å². The zero-order valence-corrected chi connectivity index (χ0v) is 17.5. The summed E-state index contributed by atoms with van der Waals surface area (Å²) in [4.78, 5) is 0. The summed E-state index contributed by atoms with van der Waals surface area (Å²) in [5.41, 5.74) is 2.14. The SMILES string of the molecule is CCOc1ccc(CC2=C(Cl)C=CC(C)([C@H]3C[C@@H](O)C[C@@H](CCO)O3)C2)cc1. The summed E-state index contributed by atoms with van der Waals surface area (Å²) in [7, 11) is 0. The Bertz CT molecular complexity index is 712. The minimum Gasteiger partial charge on any atom is -0.494 e. The number of rotatable bonds is 7. The van der Waals surface area contributed by atoms with Gasteiger partial charge in [0.2, 0.25) is 0 Å². The highest BCUT2D eigenvalue weighted by Gasteiger charge is 2.41. The first-order chi connectivity index (χ1) is 13.4. The number of halogens is 1. The van der Waals surface area contributed by atoms with Gasteiger partial charge in [0.05, 0.1) is 24.9 Å². The Morgan fingerprint density at radius 2 is 2.00 bits per heavy atom. The van der Waals surface area contributed by atoms with Gasteiger partial charge in [-0.1, -0.05) is 36.7 Å². The maximum absolute atomic E-state index is 10.3. The molecule has 1 aliphatic carbocycles. The fraction of sp³-hybridized carbons (Fsp3) is 0.565. The van der Waals surface area contributed by atoms with Gasteiger partial charge in [0, 0.05) is 23.5 Å². The Balaban J connectivity index is 1.71. The Kier molecular flexibility index (Phi) is 7.21. The molecule has 0 spiro atoms. The van der Waals surface area contributed by atoms with Gasteiger partial charge in [-0.2, -0.15) is 0 Å². The Hall–Kier alpha value is -1.33. The molecule has 28 heavy (non-hydrogen) atoms. The third kappa shape index (κ3) is 5.18. The molecule has 0 radical (unpaired) electrons. The van der Waals surface area contributed by atoms with Gasteiger partial charge in [0.15, 0.2) is 0 Å². The first-order valence-electron chi connectivity index (χ1n) is 10.2. The van der Waals surface area contributed by atoms with Crippen molar-refractivity contribution < 1.29 is 19.7 Å². The molecule has 2 N–H and O–H groups in total. The third-order valence-corrected chi connectivity index (χ3v) is 6.15. The number of benzene rings is 1. The molecule has 1 unspecified atom stereocenters. The van der Waals surface area contributed by atoms with Crippen molar-refractivity contribution in [1.29, 1.82) is 0 Å². The van der Waals surface area contributed by atoms with Crippen LogP contribution in [0.4, 0.5) is 0 Å². The minimum atomic E-state index is -0.392. The Labute approximate surface area is 172 Å². The number of aliphatic hydroxyl groups is 2. The second-order valence-electron chi connectivity index (χ2n) is 8.11. The lowest BCUT2D eigenvalue weighted by Gasteiger charge is -2.44. The van der Waals surface area contributed by atoms with E-state index in [1.165, 1.54) is 11.1 Å². The van der Waals surface area contributed by atoms with Crippen LogP contribution in [0.25, 0.3) is 0 Å². The summed E-state index contributed by atoms with van der Waals surface area (Å²) in [6.07, 6.45) is 6.84. The molecule has 1 aromatic carbocycles. The molecule has 1 aromatic rings. The molecule has 4 atom stereocenters. The monoisotopic (exact) mass is 406 g/mol. The van der Waals surface area contributed by atoms with Gasteiger partial charge in [-0.25, -0.2) is 0 Å². The van der Waals surface area contributed by atoms with Crippen molar-refractivity contribution in [3.05, 3.63) is 52.6 Å². The lowest BCUT2D eigenvalue weighted by Crippen LogP contribution is -2.45. The molecule has 154 valence electrons. The van der Waals surface area contributed by atoms with Crippen molar-refractivity contribution in [3.63, 3.8) is 0 Å². The van der Waals surface area contributed by atoms with Gasteiger partial charge >= 0.3 is 0 Å². The average Bonchev–Trinajstić information content (AvgIpc) is 2.66. The number of allylic oxidation sites excluding steroid dienone is 3. The van der Waals surface area contributed by atoms with E-state index in [1.807, 2.05) is 25.1 Å². The largest absolute Gasteiger partial charge is 0.494 e. The van der Waals surface area contributed by atoms with Crippen LogP contribution in [0.5, 0.6) is 5.75 Å². The molecule has 0 saturated carbocycles. The van der Waals surface area contributed by atoms with E-state index in [4.69, 9.17) is 21.1 Å². The van der Waals surface area contributed by atoms with Crippen molar-refractivity contribution in [3.8, 4) is 5.75 Å². The molecular weight excluding hydrogens is 376 g/mol. The van der Waals surface area contributed by atoms with Crippen LogP contribution in [-0.2, 0) is 11.2 Å². The van der Waals surface area contributed by atoms with Crippen LogP contribution in [0.3, 0.4) is 0 Å². The molecule has 3 rings (SSSR count). The summed E-state index contributed by atoms with van der Waals surface area (Å²) in [6, 6.07) is 8.14. The van der Waals surface area contributed by atoms with Crippen LogP contribution in [-0.4, -0.2) is 41.7 Å². The Morgan fingerprint density at radius 1 is 1.25 bits per heavy atom. The van der Waals surface area contributed by atoms with E-state index in [9.17, 15) is 10.2 Å². The zero-order valence-electron chi connectivity index (χ0n) is 16.7. The fourth-order valence-corrected chi connectivity index (χ4v) is 4.41. The second-order valence-corrected chi connectivity index (χ2v) is 8.51. The minimum absolute atomic E-state index is 0.0748. The topological polar surface area (TPSA) is 58.9 Å². The molecule has 1 fully saturated rings. The van der Waals surface area contributed by atoms with E-state index < -0.39 is 6.10 Å². The molecular formula is C23H31ClO4. The smallest absolute Gasteiger partial charge is 0.119 e. The Morgan fingerprint density at radius 3 is 2.68 bits per heavy atom. The van der Waals surface area contributed by atoms with Crippen LogP contribution in [0.15, 0.2) is 47.0 Å². The summed E-state index contributed by atoms with van der Waals surface area (Å²) in [5.74, 6) is 0.874. The van der Waals surface area contributed by atoms with Gasteiger partial charge in [-0.3, -0.25) is 0 Å². The predicted molar refractivity (Wildman–Crippen MR) is 112 cm³/mol. The molecule has 5 heteroatoms. The summed E-state index contributed by atoms with van der Waals surface area (Å²) in [5, 5.41) is 20.3. The highest BCUT2D eigenvalue weighted by atomic mass is 35.5. The molecule has 0 bridgehead atoms. The van der Waals surface area contributed by atoms with Gasteiger partial charge in [0.25, 0.3) is 0 Å². The van der Waals surface area contributed by atoms with Gasteiger partial charge < -0.3 is 19.7 Å². The van der Waals surface area contributed by atoms with E-state index in [0.717, 1.165) is 23.6 Å². The van der Waals surface area contributed by atoms with E-state index in [-0.39, 0.29) is 24.2 Å². The molecule has 1 heterocycles. The summed E-state index contributed by atoms with van der Waals surface area (Å²) >= 11 is 6.53. The molecule has 0 aromatic heterocycles. The molecule has 4 nitrogen and oxygen atoms in total. The number of hydrogen-bond acceptors (Lipinski definition) is 4. The first kappa shape index (κ1) is 21.4. The van der Waals surface area contributed by atoms with E-state index >= 15 is 0 Å². The van der Waals surface area contributed by atoms with Crippen LogP contribution in [0.2, 0.25) is 0 Å². The maximum atomic E-state index is 10.3. The van der Waals surface area contributed by atoms with Crippen LogP contribution in [0.1, 0.15) is 45.1 Å². The van der Waals surface area contributed by atoms with Crippen molar-refractivity contribution in [1.82, 2.24) is 0 Å². The summed E-state index contributed by atoms with van der Waals surface area (Å²) in [6.45, 7) is 4.88. The standard InChI is InChI=1S/C23H31ClO4/c1-3-27-19-6-4-16(5-7-19)12-17-15-23(2,10-8-21(17)24)22-14-18(26)13-20(28-22)9-11-25/h4-8,10,18,20,22,25-26H,3,9,11-15H2,1-2H3/t18-,20+,22+,23?/m0/s1. The highest BCUT2D eigenvalue weighted by Crippen LogP contribution is 2.44. The van der Waals surface area contributed by atoms with Crippen molar-refractivity contribution in [2.24, 2.45) is 5.41 Å². The van der Waals surface area contributed by atoms with Crippen LogP contribution < -0.4 is 4.74 Å². The quantitative estimate of drug-likeness (QED) is 0.705. The average molecular weight is 407 g/mol. The fourth-order valence-electron chi connectivity index (χ4n) is 4.21. The van der Waals surface area contributed by atoms with Crippen molar-refractivity contribution in [2.75, 3.05) is 13.2 Å². The van der Waals surface area contributed by atoms with Gasteiger partial charge in [-0.15, -0.1) is 0 Å². The van der Waals surface area contributed by atoms with E-state index in [2.05, 4.69) is 25.1 Å². The summed E-state index contributed by atoms with van der Waals surface area (Å²) < 4.78 is 11.8. The third-order valence-electron chi connectivity index (χ3n) is 5.76. The van der Waals surface area contributed by atoms with Gasteiger partial charge in [0.1, 0.15) is 5.75 Å². The number of hydrogen-bond donors (Lipinski definition) is 2. The lowest BCUT2D eigenvalue weighted by molar-refractivity contribution is -0.136.